The predicted molar refractivity (Wildman–Crippen MR) is 86.7 cm³/mol. The van der Waals surface area contributed by atoms with Gasteiger partial charge in [-0.2, -0.15) is 0 Å². The second-order valence-corrected chi connectivity index (χ2v) is 6.32. The summed E-state index contributed by atoms with van der Waals surface area (Å²) < 4.78 is 5.22. The zero-order valence-corrected chi connectivity index (χ0v) is 13.5. The lowest BCUT2D eigenvalue weighted by Crippen LogP contribution is -2.01. The van der Waals surface area contributed by atoms with Gasteiger partial charge in [-0.25, -0.2) is 0 Å². The smallest absolute Gasteiger partial charge is 0.307 e. The van der Waals surface area contributed by atoms with Crippen LogP contribution in [-0.4, -0.2) is 24.4 Å². The number of carboxylic acids is 1. The molecule has 0 amide bonds. The number of methoxy groups -OCH3 is 1. The molecule has 21 heavy (non-hydrogen) atoms. The van der Waals surface area contributed by atoms with Gasteiger partial charge < -0.3 is 9.84 Å². The third-order valence-electron chi connectivity index (χ3n) is 2.90. The highest BCUT2D eigenvalue weighted by Crippen LogP contribution is 2.34. The number of carboxylic acid groups (broad SMARTS) is 1. The van der Waals surface area contributed by atoms with Crippen molar-refractivity contribution in [3.05, 3.63) is 48.0 Å². The van der Waals surface area contributed by atoms with E-state index in [0.717, 1.165) is 21.1 Å². The fourth-order valence-corrected chi connectivity index (χ4v) is 3.22. The zero-order chi connectivity index (χ0) is 15.2. The number of aliphatic carboxylic acids is 1. The van der Waals surface area contributed by atoms with Crippen molar-refractivity contribution in [1.82, 2.24) is 0 Å². The molecule has 2 aromatic carbocycles. The van der Waals surface area contributed by atoms with E-state index in [1.165, 1.54) is 4.90 Å². The first-order chi connectivity index (χ1) is 10.1. The van der Waals surface area contributed by atoms with Crippen LogP contribution >= 0.6 is 23.5 Å². The van der Waals surface area contributed by atoms with Crippen LogP contribution in [0, 0.1) is 0 Å². The molecular formula is C16H16O3S2. The maximum atomic E-state index is 11.0. The number of ether oxygens (including phenoxy) is 1. The van der Waals surface area contributed by atoms with Gasteiger partial charge in [-0.05, 0) is 48.2 Å². The predicted octanol–water partition coefficient (Wildman–Crippen LogP) is 4.20. The average molecular weight is 320 g/mol. The van der Waals surface area contributed by atoms with Crippen LogP contribution in [0.25, 0.3) is 0 Å². The number of benzene rings is 2. The van der Waals surface area contributed by atoms with Crippen molar-refractivity contribution in [2.45, 2.75) is 21.1 Å². The summed E-state index contributed by atoms with van der Waals surface area (Å²) in [6.45, 7) is 0. The third-order valence-corrected chi connectivity index (χ3v) is 4.75. The van der Waals surface area contributed by atoms with E-state index in [2.05, 4.69) is 12.1 Å². The molecule has 0 aliphatic rings. The number of hydrogen-bond donors (Lipinski definition) is 1. The van der Waals surface area contributed by atoms with Crippen molar-refractivity contribution >= 4 is 29.5 Å². The van der Waals surface area contributed by atoms with Gasteiger partial charge in [0.25, 0.3) is 0 Å². The highest BCUT2D eigenvalue weighted by atomic mass is 32.2. The van der Waals surface area contributed by atoms with E-state index in [1.54, 1.807) is 36.7 Å². The zero-order valence-electron chi connectivity index (χ0n) is 11.8. The molecule has 3 nitrogen and oxygen atoms in total. The Balaban J connectivity index is 2.28. The van der Waals surface area contributed by atoms with E-state index in [-0.39, 0.29) is 6.42 Å². The normalized spacial score (nSPS) is 10.4. The molecule has 0 saturated carbocycles. The SMILES string of the molecule is COc1ccc(CC(=O)O)c(Sc2ccc(SC)cc2)c1. The second kappa shape index (κ2) is 7.43. The Morgan fingerprint density at radius 3 is 2.38 bits per heavy atom. The lowest BCUT2D eigenvalue weighted by Gasteiger charge is -2.10. The molecule has 0 aliphatic carbocycles. The van der Waals surface area contributed by atoms with Gasteiger partial charge >= 0.3 is 5.97 Å². The maximum absolute atomic E-state index is 11.0. The van der Waals surface area contributed by atoms with Crippen LogP contribution in [0.2, 0.25) is 0 Å². The maximum Gasteiger partial charge on any atom is 0.307 e. The van der Waals surface area contributed by atoms with Gasteiger partial charge in [0.2, 0.25) is 0 Å². The second-order valence-electron chi connectivity index (χ2n) is 4.32. The Labute approximate surface area is 132 Å². The van der Waals surface area contributed by atoms with Crippen LogP contribution in [0.3, 0.4) is 0 Å². The largest absolute Gasteiger partial charge is 0.497 e. The molecule has 5 heteroatoms. The minimum atomic E-state index is -0.834. The Morgan fingerprint density at radius 2 is 1.81 bits per heavy atom. The third kappa shape index (κ3) is 4.44. The molecule has 0 heterocycles. The Morgan fingerprint density at radius 1 is 1.14 bits per heavy atom. The van der Waals surface area contributed by atoms with E-state index >= 15 is 0 Å². The molecule has 2 rings (SSSR count). The van der Waals surface area contributed by atoms with Gasteiger partial charge in [-0.15, -0.1) is 11.8 Å². The Bertz CT molecular complexity index is 624. The van der Waals surface area contributed by atoms with E-state index in [1.807, 2.05) is 30.5 Å². The van der Waals surface area contributed by atoms with Crippen molar-refractivity contribution in [2.75, 3.05) is 13.4 Å². The summed E-state index contributed by atoms with van der Waals surface area (Å²) in [5.41, 5.74) is 0.794. The Hall–Kier alpha value is -1.59. The van der Waals surface area contributed by atoms with Crippen molar-refractivity contribution in [3.8, 4) is 5.75 Å². The van der Waals surface area contributed by atoms with Gasteiger partial charge in [0, 0.05) is 14.7 Å². The van der Waals surface area contributed by atoms with Gasteiger partial charge in [0.05, 0.1) is 13.5 Å². The van der Waals surface area contributed by atoms with E-state index < -0.39 is 5.97 Å². The van der Waals surface area contributed by atoms with Crippen molar-refractivity contribution in [3.63, 3.8) is 0 Å². The molecule has 0 fully saturated rings. The first-order valence-electron chi connectivity index (χ1n) is 6.33. The minimum absolute atomic E-state index is 0.00915. The Kier molecular flexibility index (Phi) is 5.59. The molecule has 1 N–H and O–H groups in total. The van der Waals surface area contributed by atoms with E-state index in [4.69, 9.17) is 9.84 Å². The summed E-state index contributed by atoms with van der Waals surface area (Å²) in [6.07, 6.45) is 2.05. The minimum Gasteiger partial charge on any atom is -0.497 e. The van der Waals surface area contributed by atoms with Crippen LogP contribution in [0.1, 0.15) is 5.56 Å². The first kappa shape index (κ1) is 15.8. The van der Waals surface area contributed by atoms with Crippen LogP contribution in [-0.2, 0) is 11.2 Å². The topological polar surface area (TPSA) is 46.5 Å². The molecular weight excluding hydrogens is 304 g/mol. The van der Waals surface area contributed by atoms with Crippen LogP contribution in [0.5, 0.6) is 5.75 Å². The molecule has 0 unspecified atom stereocenters. The number of thioether (sulfide) groups is 1. The average Bonchev–Trinajstić information content (AvgIpc) is 2.49. The van der Waals surface area contributed by atoms with Crippen LogP contribution in [0.4, 0.5) is 0 Å². The van der Waals surface area contributed by atoms with Gasteiger partial charge in [0.15, 0.2) is 0 Å². The lowest BCUT2D eigenvalue weighted by molar-refractivity contribution is -0.136. The standard InChI is InChI=1S/C16H16O3S2/c1-19-12-4-3-11(9-16(17)18)15(10-12)21-14-7-5-13(20-2)6-8-14/h3-8,10H,9H2,1-2H3,(H,17,18). The lowest BCUT2D eigenvalue weighted by atomic mass is 10.1. The molecule has 0 saturated heterocycles. The van der Waals surface area contributed by atoms with Gasteiger partial charge in [-0.3, -0.25) is 4.79 Å². The van der Waals surface area contributed by atoms with Gasteiger partial charge in [-0.1, -0.05) is 17.8 Å². The van der Waals surface area contributed by atoms with Crippen LogP contribution < -0.4 is 4.74 Å². The molecule has 0 radical (unpaired) electrons. The molecule has 2 aromatic rings. The highest BCUT2D eigenvalue weighted by Gasteiger charge is 2.10. The molecule has 0 bridgehead atoms. The summed E-state index contributed by atoms with van der Waals surface area (Å²) in [5, 5.41) is 9.01. The summed E-state index contributed by atoms with van der Waals surface area (Å²) in [4.78, 5) is 14.2. The fourth-order valence-electron chi connectivity index (χ4n) is 1.84. The number of carbonyl (C=O) groups is 1. The van der Waals surface area contributed by atoms with E-state index in [0.29, 0.717) is 0 Å². The van der Waals surface area contributed by atoms with E-state index in [9.17, 15) is 4.79 Å². The van der Waals surface area contributed by atoms with Crippen molar-refractivity contribution in [1.29, 1.82) is 0 Å². The quantitative estimate of drug-likeness (QED) is 0.808. The summed E-state index contributed by atoms with van der Waals surface area (Å²) in [7, 11) is 1.61. The number of hydrogen-bond acceptors (Lipinski definition) is 4. The first-order valence-corrected chi connectivity index (χ1v) is 8.37. The fraction of sp³-hybridized carbons (Fsp3) is 0.188. The molecule has 0 atom stereocenters. The summed E-state index contributed by atoms with van der Waals surface area (Å²) >= 11 is 3.25. The van der Waals surface area contributed by atoms with Crippen molar-refractivity contribution in [2.24, 2.45) is 0 Å². The molecule has 110 valence electrons. The van der Waals surface area contributed by atoms with Gasteiger partial charge in [0.1, 0.15) is 5.75 Å². The number of rotatable bonds is 6. The van der Waals surface area contributed by atoms with Crippen molar-refractivity contribution < 1.29 is 14.6 Å². The highest BCUT2D eigenvalue weighted by molar-refractivity contribution is 7.99. The molecule has 0 spiro atoms. The summed E-state index contributed by atoms with van der Waals surface area (Å²) in [6, 6.07) is 13.7. The molecule has 0 aliphatic heterocycles. The molecule has 0 aromatic heterocycles. The monoisotopic (exact) mass is 320 g/mol. The van der Waals surface area contributed by atoms with Crippen LogP contribution in [0.15, 0.2) is 57.2 Å². The summed E-state index contributed by atoms with van der Waals surface area (Å²) in [5.74, 6) is -0.105.